The van der Waals surface area contributed by atoms with E-state index < -0.39 is 0 Å². The molecule has 1 amide bonds. The van der Waals surface area contributed by atoms with Crippen molar-refractivity contribution in [2.24, 2.45) is 5.92 Å². The van der Waals surface area contributed by atoms with Crippen molar-refractivity contribution in [2.45, 2.75) is 59.4 Å². The number of hydrogen-bond donors (Lipinski definition) is 1. The van der Waals surface area contributed by atoms with Crippen LogP contribution in [0.2, 0.25) is 0 Å². The molecule has 0 saturated heterocycles. The first-order chi connectivity index (χ1) is 6.11. The Morgan fingerprint density at radius 3 is 2.38 bits per heavy atom. The highest BCUT2D eigenvalue weighted by atomic mass is 16.1. The summed E-state index contributed by atoms with van der Waals surface area (Å²) in [4.78, 5) is 11.5. The Balaban J connectivity index is 3.68. The van der Waals surface area contributed by atoms with Crippen LogP contribution >= 0.6 is 0 Å². The molecule has 0 rings (SSSR count). The first-order valence-corrected chi connectivity index (χ1v) is 5.42. The van der Waals surface area contributed by atoms with Crippen molar-refractivity contribution in [1.29, 1.82) is 0 Å². The zero-order valence-corrected chi connectivity index (χ0v) is 9.39. The lowest BCUT2D eigenvalue weighted by molar-refractivity contribution is -0.125. The highest BCUT2D eigenvalue weighted by Gasteiger charge is 2.13. The van der Waals surface area contributed by atoms with Crippen LogP contribution in [0, 0.1) is 5.92 Å². The lowest BCUT2D eigenvalue weighted by atomic mass is 10.0. The van der Waals surface area contributed by atoms with Gasteiger partial charge < -0.3 is 5.32 Å². The SMILES string of the molecule is CCCCC(C)C(=O)NC(C)CC. The first-order valence-electron chi connectivity index (χ1n) is 5.42. The average Bonchev–Trinajstić information content (AvgIpc) is 2.13. The third-order valence-corrected chi connectivity index (χ3v) is 2.44. The summed E-state index contributed by atoms with van der Waals surface area (Å²) >= 11 is 0. The summed E-state index contributed by atoms with van der Waals surface area (Å²) in [7, 11) is 0. The molecular formula is C11H23NO. The molecule has 2 heteroatoms. The Hall–Kier alpha value is -0.530. The van der Waals surface area contributed by atoms with Crippen LogP contribution in [0.1, 0.15) is 53.4 Å². The molecule has 2 unspecified atom stereocenters. The predicted octanol–water partition coefficient (Wildman–Crippen LogP) is 2.73. The highest BCUT2D eigenvalue weighted by molar-refractivity contribution is 5.78. The van der Waals surface area contributed by atoms with E-state index in [0.717, 1.165) is 19.3 Å². The molecule has 0 aliphatic heterocycles. The lowest BCUT2D eigenvalue weighted by Gasteiger charge is -2.15. The number of rotatable bonds is 6. The van der Waals surface area contributed by atoms with Crippen LogP contribution in [0.4, 0.5) is 0 Å². The number of nitrogens with one attached hydrogen (secondary N) is 1. The fourth-order valence-corrected chi connectivity index (χ4v) is 1.13. The van der Waals surface area contributed by atoms with E-state index in [4.69, 9.17) is 0 Å². The van der Waals surface area contributed by atoms with Gasteiger partial charge in [-0.25, -0.2) is 0 Å². The van der Waals surface area contributed by atoms with Crippen LogP contribution in [-0.4, -0.2) is 11.9 Å². The molecule has 0 heterocycles. The molecule has 0 saturated carbocycles. The second-order valence-electron chi connectivity index (χ2n) is 3.86. The summed E-state index contributed by atoms with van der Waals surface area (Å²) in [5.41, 5.74) is 0. The van der Waals surface area contributed by atoms with Gasteiger partial charge in [-0.1, -0.05) is 33.6 Å². The van der Waals surface area contributed by atoms with Crippen LogP contribution in [-0.2, 0) is 4.79 Å². The minimum atomic E-state index is 0.175. The molecule has 0 aromatic rings. The second kappa shape index (κ2) is 6.93. The number of carbonyl (C=O) groups is 1. The van der Waals surface area contributed by atoms with Gasteiger partial charge in [-0.15, -0.1) is 0 Å². The number of amides is 1. The van der Waals surface area contributed by atoms with Gasteiger partial charge in [-0.3, -0.25) is 4.79 Å². The van der Waals surface area contributed by atoms with Gasteiger partial charge in [0.1, 0.15) is 0 Å². The zero-order chi connectivity index (χ0) is 10.3. The van der Waals surface area contributed by atoms with Gasteiger partial charge in [-0.05, 0) is 19.8 Å². The molecule has 0 aliphatic rings. The molecule has 0 aromatic carbocycles. The van der Waals surface area contributed by atoms with Gasteiger partial charge in [0.25, 0.3) is 0 Å². The fraction of sp³-hybridized carbons (Fsp3) is 0.909. The van der Waals surface area contributed by atoms with Crippen molar-refractivity contribution in [1.82, 2.24) is 5.32 Å². The van der Waals surface area contributed by atoms with Gasteiger partial charge >= 0.3 is 0 Å². The molecule has 0 radical (unpaired) electrons. The van der Waals surface area contributed by atoms with E-state index >= 15 is 0 Å². The van der Waals surface area contributed by atoms with Gasteiger partial charge in [0, 0.05) is 12.0 Å². The molecule has 0 aliphatic carbocycles. The standard InChI is InChI=1S/C11H23NO/c1-5-7-8-9(3)11(13)12-10(4)6-2/h9-10H,5-8H2,1-4H3,(H,12,13). The molecule has 13 heavy (non-hydrogen) atoms. The molecule has 2 nitrogen and oxygen atoms in total. The Morgan fingerprint density at radius 2 is 1.92 bits per heavy atom. The van der Waals surface area contributed by atoms with E-state index in [1.165, 1.54) is 6.42 Å². The predicted molar refractivity (Wildman–Crippen MR) is 56.6 cm³/mol. The average molecular weight is 185 g/mol. The third-order valence-electron chi connectivity index (χ3n) is 2.44. The van der Waals surface area contributed by atoms with Gasteiger partial charge in [0.15, 0.2) is 0 Å². The van der Waals surface area contributed by atoms with E-state index in [1.807, 2.05) is 13.8 Å². The number of carbonyl (C=O) groups excluding carboxylic acids is 1. The van der Waals surface area contributed by atoms with Crippen LogP contribution < -0.4 is 5.32 Å². The molecule has 2 atom stereocenters. The van der Waals surface area contributed by atoms with Crippen LogP contribution in [0.15, 0.2) is 0 Å². The van der Waals surface area contributed by atoms with E-state index in [-0.39, 0.29) is 11.8 Å². The second-order valence-corrected chi connectivity index (χ2v) is 3.86. The first kappa shape index (κ1) is 12.5. The molecule has 78 valence electrons. The Bertz CT molecular complexity index is 145. The molecular weight excluding hydrogens is 162 g/mol. The zero-order valence-electron chi connectivity index (χ0n) is 9.39. The van der Waals surface area contributed by atoms with E-state index in [0.29, 0.717) is 6.04 Å². The Labute approximate surface area is 82.1 Å². The summed E-state index contributed by atoms with van der Waals surface area (Å²) in [5, 5.41) is 3.00. The van der Waals surface area contributed by atoms with Crippen molar-refractivity contribution in [3.05, 3.63) is 0 Å². The van der Waals surface area contributed by atoms with Gasteiger partial charge in [0.2, 0.25) is 5.91 Å². The molecule has 0 aromatic heterocycles. The number of hydrogen-bond acceptors (Lipinski definition) is 1. The highest BCUT2D eigenvalue weighted by Crippen LogP contribution is 2.07. The van der Waals surface area contributed by atoms with Crippen molar-refractivity contribution < 1.29 is 4.79 Å². The minimum Gasteiger partial charge on any atom is -0.353 e. The molecule has 1 N–H and O–H groups in total. The van der Waals surface area contributed by atoms with Crippen LogP contribution in [0.5, 0.6) is 0 Å². The Kier molecular flexibility index (Phi) is 6.65. The van der Waals surface area contributed by atoms with E-state index in [1.54, 1.807) is 0 Å². The largest absolute Gasteiger partial charge is 0.353 e. The molecule has 0 spiro atoms. The maximum atomic E-state index is 11.5. The van der Waals surface area contributed by atoms with Crippen molar-refractivity contribution in [3.63, 3.8) is 0 Å². The molecule has 0 bridgehead atoms. The summed E-state index contributed by atoms with van der Waals surface area (Å²) in [6.45, 7) is 8.29. The maximum absolute atomic E-state index is 11.5. The van der Waals surface area contributed by atoms with E-state index in [2.05, 4.69) is 19.2 Å². The Morgan fingerprint density at radius 1 is 1.31 bits per heavy atom. The fourth-order valence-electron chi connectivity index (χ4n) is 1.13. The van der Waals surface area contributed by atoms with Crippen molar-refractivity contribution >= 4 is 5.91 Å². The summed E-state index contributed by atoms with van der Waals surface area (Å²) in [6.07, 6.45) is 4.33. The van der Waals surface area contributed by atoms with Crippen molar-refractivity contribution in [3.8, 4) is 0 Å². The smallest absolute Gasteiger partial charge is 0.223 e. The topological polar surface area (TPSA) is 29.1 Å². The van der Waals surface area contributed by atoms with Crippen LogP contribution in [0.25, 0.3) is 0 Å². The van der Waals surface area contributed by atoms with Gasteiger partial charge in [-0.2, -0.15) is 0 Å². The maximum Gasteiger partial charge on any atom is 0.223 e. The molecule has 0 fully saturated rings. The van der Waals surface area contributed by atoms with E-state index in [9.17, 15) is 4.79 Å². The summed E-state index contributed by atoms with van der Waals surface area (Å²) in [5.74, 6) is 0.386. The normalized spacial score (nSPS) is 15.1. The minimum absolute atomic E-state index is 0.175. The lowest BCUT2D eigenvalue weighted by Crippen LogP contribution is -2.35. The quantitative estimate of drug-likeness (QED) is 0.677. The third kappa shape index (κ3) is 5.67. The van der Waals surface area contributed by atoms with Gasteiger partial charge in [0.05, 0.1) is 0 Å². The number of unbranched alkanes of at least 4 members (excludes halogenated alkanes) is 1. The van der Waals surface area contributed by atoms with Crippen molar-refractivity contribution in [2.75, 3.05) is 0 Å². The van der Waals surface area contributed by atoms with Crippen LogP contribution in [0.3, 0.4) is 0 Å². The monoisotopic (exact) mass is 185 g/mol. The summed E-state index contributed by atoms with van der Waals surface area (Å²) < 4.78 is 0. The summed E-state index contributed by atoms with van der Waals surface area (Å²) in [6, 6.07) is 0.316.